The molecule has 0 aromatic heterocycles. The van der Waals surface area contributed by atoms with Gasteiger partial charge in [-0.2, -0.15) is 0 Å². The number of hydrogen-bond acceptors (Lipinski definition) is 2. The smallest absolute Gasteiger partial charge is 0.323 e. The monoisotopic (exact) mass is 288 g/mol. The van der Waals surface area contributed by atoms with Crippen LogP contribution in [0.15, 0.2) is 48.5 Å². The van der Waals surface area contributed by atoms with Gasteiger partial charge in [0.2, 0.25) is 0 Å². The molecule has 0 aliphatic carbocycles. The van der Waals surface area contributed by atoms with Gasteiger partial charge in [-0.1, -0.05) is 6.07 Å². The van der Waals surface area contributed by atoms with E-state index in [2.05, 4.69) is 10.6 Å². The number of halogens is 1. The summed E-state index contributed by atoms with van der Waals surface area (Å²) in [5.74, 6) is 0.337. The summed E-state index contributed by atoms with van der Waals surface area (Å²) in [6.07, 6.45) is 0.0632. The lowest BCUT2D eigenvalue weighted by Gasteiger charge is -2.12. The summed E-state index contributed by atoms with van der Waals surface area (Å²) < 4.78 is 18.3. The molecule has 0 heterocycles. The Balaban J connectivity index is 1.97. The van der Waals surface area contributed by atoms with Gasteiger partial charge >= 0.3 is 6.03 Å². The molecule has 21 heavy (non-hydrogen) atoms. The van der Waals surface area contributed by atoms with Crippen LogP contribution >= 0.6 is 0 Å². The van der Waals surface area contributed by atoms with Gasteiger partial charge in [-0.25, -0.2) is 9.18 Å². The molecule has 5 heteroatoms. The van der Waals surface area contributed by atoms with Crippen molar-refractivity contribution in [3.8, 4) is 5.75 Å². The van der Waals surface area contributed by atoms with E-state index in [1.165, 1.54) is 24.3 Å². The summed E-state index contributed by atoms with van der Waals surface area (Å²) in [7, 11) is 0. The van der Waals surface area contributed by atoms with Crippen molar-refractivity contribution in [1.82, 2.24) is 0 Å². The third-order valence-corrected chi connectivity index (χ3v) is 2.57. The maximum absolute atomic E-state index is 12.8. The maximum Gasteiger partial charge on any atom is 0.323 e. The van der Waals surface area contributed by atoms with E-state index in [9.17, 15) is 9.18 Å². The van der Waals surface area contributed by atoms with Crippen molar-refractivity contribution in [2.75, 3.05) is 10.6 Å². The van der Waals surface area contributed by atoms with E-state index in [-0.39, 0.29) is 11.9 Å². The summed E-state index contributed by atoms with van der Waals surface area (Å²) in [5.41, 5.74) is 1.14. The number of urea groups is 1. The summed E-state index contributed by atoms with van der Waals surface area (Å²) in [4.78, 5) is 11.8. The van der Waals surface area contributed by atoms with Crippen molar-refractivity contribution in [3.05, 3.63) is 54.3 Å². The van der Waals surface area contributed by atoms with Crippen molar-refractivity contribution in [2.45, 2.75) is 20.0 Å². The molecule has 0 saturated heterocycles. The fraction of sp³-hybridized carbons (Fsp3) is 0.188. The molecule has 2 aromatic rings. The average molecular weight is 288 g/mol. The number of rotatable bonds is 4. The standard InChI is InChI=1S/C16H17FN2O2/c1-11(2)21-15-5-3-4-14(10-15)19-16(20)18-13-8-6-12(17)7-9-13/h3-11H,1-2H3,(H2,18,19,20). The molecule has 2 amide bonds. The molecule has 0 fully saturated rings. The van der Waals surface area contributed by atoms with Crippen LogP contribution in [-0.4, -0.2) is 12.1 Å². The van der Waals surface area contributed by atoms with Crippen LogP contribution in [0.2, 0.25) is 0 Å². The predicted molar refractivity (Wildman–Crippen MR) is 81.2 cm³/mol. The fourth-order valence-corrected chi connectivity index (χ4v) is 1.75. The molecule has 0 aliphatic rings. The normalized spacial score (nSPS) is 10.3. The highest BCUT2D eigenvalue weighted by Crippen LogP contribution is 2.19. The molecule has 0 unspecified atom stereocenters. The van der Waals surface area contributed by atoms with E-state index in [1.807, 2.05) is 19.9 Å². The molecule has 2 N–H and O–H groups in total. The highest BCUT2D eigenvalue weighted by atomic mass is 19.1. The summed E-state index contributed by atoms with van der Waals surface area (Å²) in [6.45, 7) is 3.86. The van der Waals surface area contributed by atoms with Gasteiger partial charge in [0.15, 0.2) is 0 Å². The van der Waals surface area contributed by atoms with E-state index in [4.69, 9.17) is 4.74 Å². The summed E-state index contributed by atoms with van der Waals surface area (Å²) >= 11 is 0. The van der Waals surface area contributed by atoms with Crippen LogP contribution in [0.25, 0.3) is 0 Å². The van der Waals surface area contributed by atoms with Crippen LogP contribution < -0.4 is 15.4 Å². The quantitative estimate of drug-likeness (QED) is 0.883. The maximum atomic E-state index is 12.8. The molecule has 2 aromatic carbocycles. The van der Waals surface area contributed by atoms with Crippen molar-refractivity contribution >= 4 is 17.4 Å². The number of anilines is 2. The first-order valence-corrected chi connectivity index (χ1v) is 6.63. The first-order chi connectivity index (χ1) is 10.0. The zero-order valence-corrected chi connectivity index (χ0v) is 11.9. The van der Waals surface area contributed by atoms with Gasteiger partial charge in [0.05, 0.1) is 6.10 Å². The first kappa shape index (κ1) is 14.8. The van der Waals surface area contributed by atoms with Gasteiger partial charge in [-0.3, -0.25) is 0 Å². The molecule has 0 saturated carbocycles. The molecule has 0 atom stereocenters. The number of hydrogen-bond donors (Lipinski definition) is 2. The lowest BCUT2D eigenvalue weighted by atomic mass is 10.3. The molecule has 4 nitrogen and oxygen atoms in total. The van der Waals surface area contributed by atoms with E-state index in [0.717, 1.165) is 0 Å². The highest BCUT2D eigenvalue weighted by molar-refractivity contribution is 5.99. The Hall–Kier alpha value is -2.56. The summed E-state index contributed by atoms with van der Waals surface area (Å²) in [6, 6.07) is 12.3. The Morgan fingerprint density at radius 2 is 1.71 bits per heavy atom. The zero-order chi connectivity index (χ0) is 15.2. The van der Waals surface area contributed by atoms with Gasteiger partial charge in [0.1, 0.15) is 11.6 Å². The van der Waals surface area contributed by atoms with E-state index in [0.29, 0.717) is 17.1 Å². The topological polar surface area (TPSA) is 50.4 Å². The van der Waals surface area contributed by atoms with Crippen molar-refractivity contribution in [2.24, 2.45) is 0 Å². The number of amides is 2. The fourth-order valence-electron chi connectivity index (χ4n) is 1.75. The number of ether oxygens (including phenoxy) is 1. The summed E-state index contributed by atoms with van der Waals surface area (Å²) in [5, 5.41) is 5.32. The van der Waals surface area contributed by atoms with E-state index >= 15 is 0 Å². The van der Waals surface area contributed by atoms with Crippen LogP contribution in [-0.2, 0) is 0 Å². The number of nitrogens with one attached hydrogen (secondary N) is 2. The van der Waals surface area contributed by atoms with Crippen molar-refractivity contribution < 1.29 is 13.9 Å². The second-order valence-corrected chi connectivity index (χ2v) is 4.78. The minimum atomic E-state index is -0.400. The minimum absolute atomic E-state index is 0.0632. The Labute approximate surface area is 122 Å². The third kappa shape index (κ3) is 4.80. The Morgan fingerprint density at radius 1 is 1.05 bits per heavy atom. The minimum Gasteiger partial charge on any atom is -0.491 e. The van der Waals surface area contributed by atoms with Gasteiger partial charge in [-0.05, 0) is 50.2 Å². The first-order valence-electron chi connectivity index (χ1n) is 6.63. The van der Waals surface area contributed by atoms with Crippen molar-refractivity contribution in [3.63, 3.8) is 0 Å². The number of benzene rings is 2. The number of carbonyl (C=O) groups excluding carboxylic acids is 1. The van der Waals surface area contributed by atoms with Gasteiger partial charge in [0, 0.05) is 17.4 Å². The molecule has 2 rings (SSSR count). The second-order valence-electron chi connectivity index (χ2n) is 4.78. The van der Waals surface area contributed by atoms with Gasteiger partial charge < -0.3 is 15.4 Å². The molecular formula is C16H17FN2O2. The average Bonchev–Trinajstić information content (AvgIpc) is 2.41. The largest absolute Gasteiger partial charge is 0.491 e. The van der Waals surface area contributed by atoms with Crippen LogP contribution in [0.3, 0.4) is 0 Å². The molecule has 110 valence electrons. The Bertz CT molecular complexity index is 612. The van der Waals surface area contributed by atoms with Gasteiger partial charge in [-0.15, -0.1) is 0 Å². The van der Waals surface area contributed by atoms with Crippen LogP contribution in [0.4, 0.5) is 20.6 Å². The Kier molecular flexibility index (Phi) is 4.77. The Morgan fingerprint density at radius 3 is 2.38 bits per heavy atom. The van der Waals surface area contributed by atoms with E-state index < -0.39 is 6.03 Å². The number of carbonyl (C=O) groups is 1. The SMILES string of the molecule is CC(C)Oc1cccc(NC(=O)Nc2ccc(F)cc2)c1. The van der Waals surface area contributed by atoms with E-state index in [1.54, 1.807) is 18.2 Å². The predicted octanol–water partition coefficient (Wildman–Crippen LogP) is 4.26. The molecular weight excluding hydrogens is 271 g/mol. The van der Waals surface area contributed by atoms with Crippen molar-refractivity contribution in [1.29, 1.82) is 0 Å². The second kappa shape index (κ2) is 6.74. The molecule has 0 aliphatic heterocycles. The van der Waals surface area contributed by atoms with Crippen LogP contribution in [0.1, 0.15) is 13.8 Å². The zero-order valence-electron chi connectivity index (χ0n) is 11.9. The van der Waals surface area contributed by atoms with Crippen LogP contribution in [0.5, 0.6) is 5.75 Å². The molecule has 0 radical (unpaired) electrons. The lowest BCUT2D eigenvalue weighted by Crippen LogP contribution is -2.19. The lowest BCUT2D eigenvalue weighted by molar-refractivity contribution is 0.242. The van der Waals surface area contributed by atoms with Gasteiger partial charge in [0.25, 0.3) is 0 Å². The third-order valence-electron chi connectivity index (χ3n) is 2.57. The highest BCUT2D eigenvalue weighted by Gasteiger charge is 2.04. The molecule has 0 spiro atoms. The van der Waals surface area contributed by atoms with Crippen LogP contribution in [0, 0.1) is 5.82 Å². The molecule has 0 bridgehead atoms.